The molecule has 2 heteroatoms. The number of benzene rings is 1. The average molecular weight is 254 g/mol. The van der Waals surface area contributed by atoms with Crippen molar-refractivity contribution in [2.75, 3.05) is 7.05 Å². The SMILES string of the molecule is CCCC(C)CC(NC)c1cccc(C)c1Cl. The molecule has 1 aromatic carbocycles. The van der Waals surface area contributed by atoms with Crippen LogP contribution in [-0.2, 0) is 0 Å². The quantitative estimate of drug-likeness (QED) is 0.773. The third kappa shape index (κ3) is 4.01. The molecule has 96 valence electrons. The summed E-state index contributed by atoms with van der Waals surface area (Å²) < 4.78 is 0. The lowest BCUT2D eigenvalue weighted by atomic mass is 9.92. The molecule has 0 aromatic heterocycles. The van der Waals surface area contributed by atoms with Gasteiger partial charge in [0.25, 0.3) is 0 Å². The summed E-state index contributed by atoms with van der Waals surface area (Å²) in [6, 6.07) is 6.65. The Morgan fingerprint density at radius 1 is 1.35 bits per heavy atom. The van der Waals surface area contributed by atoms with E-state index in [2.05, 4.69) is 44.3 Å². The van der Waals surface area contributed by atoms with E-state index in [-0.39, 0.29) is 0 Å². The van der Waals surface area contributed by atoms with Gasteiger partial charge in [0.2, 0.25) is 0 Å². The molecule has 0 fully saturated rings. The molecule has 0 spiro atoms. The van der Waals surface area contributed by atoms with E-state index in [9.17, 15) is 0 Å². The highest BCUT2D eigenvalue weighted by Crippen LogP contribution is 2.30. The lowest BCUT2D eigenvalue weighted by Crippen LogP contribution is -2.19. The Morgan fingerprint density at radius 2 is 2.06 bits per heavy atom. The number of rotatable bonds is 6. The summed E-state index contributed by atoms with van der Waals surface area (Å²) in [5, 5.41) is 4.30. The van der Waals surface area contributed by atoms with Gasteiger partial charge < -0.3 is 5.32 Å². The largest absolute Gasteiger partial charge is 0.313 e. The monoisotopic (exact) mass is 253 g/mol. The summed E-state index contributed by atoms with van der Waals surface area (Å²) in [7, 11) is 2.02. The van der Waals surface area contributed by atoms with Crippen LogP contribution in [0.3, 0.4) is 0 Å². The van der Waals surface area contributed by atoms with E-state index in [0.717, 1.165) is 22.9 Å². The maximum absolute atomic E-state index is 6.39. The van der Waals surface area contributed by atoms with Crippen LogP contribution < -0.4 is 5.32 Å². The van der Waals surface area contributed by atoms with Crippen molar-refractivity contribution >= 4 is 11.6 Å². The van der Waals surface area contributed by atoms with E-state index in [1.54, 1.807) is 0 Å². The van der Waals surface area contributed by atoms with Crippen LogP contribution in [0.2, 0.25) is 5.02 Å². The molecule has 0 aliphatic carbocycles. The molecule has 2 atom stereocenters. The van der Waals surface area contributed by atoms with Crippen LogP contribution in [0.15, 0.2) is 18.2 Å². The van der Waals surface area contributed by atoms with E-state index in [4.69, 9.17) is 11.6 Å². The van der Waals surface area contributed by atoms with Crippen LogP contribution in [0.4, 0.5) is 0 Å². The molecule has 17 heavy (non-hydrogen) atoms. The molecule has 0 heterocycles. The third-order valence-electron chi connectivity index (χ3n) is 3.37. The van der Waals surface area contributed by atoms with Crippen LogP contribution in [0.1, 0.15) is 50.3 Å². The van der Waals surface area contributed by atoms with Gasteiger partial charge in [-0.05, 0) is 37.4 Å². The fourth-order valence-electron chi connectivity index (χ4n) is 2.35. The van der Waals surface area contributed by atoms with Gasteiger partial charge in [0.05, 0.1) is 0 Å². The number of hydrogen-bond acceptors (Lipinski definition) is 1. The fraction of sp³-hybridized carbons (Fsp3) is 0.600. The van der Waals surface area contributed by atoms with Gasteiger partial charge in [-0.1, -0.05) is 56.5 Å². The topological polar surface area (TPSA) is 12.0 Å². The first-order valence-electron chi connectivity index (χ1n) is 6.52. The van der Waals surface area contributed by atoms with Crippen LogP contribution in [0, 0.1) is 12.8 Å². The van der Waals surface area contributed by atoms with E-state index in [1.807, 2.05) is 7.05 Å². The predicted octanol–water partition coefficient (Wildman–Crippen LogP) is 4.74. The fourth-order valence-corrected chi connectivity index (χ4v) is 2.61. The first-order chi connectivity index (χ1) is 8.10. The van der Waals surface area contributed by atoms with Crippen LogP contribution in [0.5, 0.6) is 0 Å². The Bertz CT molecular complexity index is 349. The number of halogens is 1. The first-order valence-corrected chi connectivity index (χ1v) is 6.90. The van der Waals surface area contributed by atoms with Crippen molar-refractivity contribution in [2.45, 2.75) is 46.1 Å². The van der Waals surface area contributed by atoms with Crippen molar-refractivity contribution < 1.29 is 0 Å². The maximum atomic E-state index is 6.39. The van der Waals surface area contributed by atoms with Crippen molar-refractivity contribution in [3.05, 3.63) is 34.3 Å². The van der Waals surface area contributed by atoms with Gasteiger partial charge in [-0.3, -0.25) is 0 Å². The van der Waals surface area contributed by atoms with Gasteiger partial charge in [-0.15, -0.1) is 0 Å². The van der Waals surface area contributed by atoms with Crippen molar-refractivity contribution in [1.29, 1.82) is 0 Å². The minimum absolute atomic E-state index is 0.365. The van der Waals surface area contributed by atoms with Crippen LogP contribution >= 0.6 is 11.6 Å². The Morgan fingerprint density at radius 3 is 2.65 bits per heavy atom. The minimum atomic E-state index is 0.365. The molecule has 0 aliphatic heterocycles. The van der Waals surface area contributed by atoms with E-state index >= 15 is 0 Å². The zero-order chi connectivity index (χ0) is 12.8. The number of aryl methyl sites for hydroxylation is 1. The third-order valence-corrected chi connectivity index (χ3v) is 3.88. The second-order valence-electron chi connectivity index (χ2n) is 4.95. The van der Waals surface area contributed by atoms with Crippen LogP contribution in [-0.4, -0.2) is 7.05 Å². The number of hydrogen-bond donors (Lipinski definition) is 1. The maximum Gasteiger partial charge on any atom is 0.0482 e. The molecule has 1 rings (SSSR count). The Hall–Kier alpha value is -0.530. The molecule has 2 unspecified atom stereocenters. The lowest BCUT2D eigenvalue weighted by molar-refractivity contribution is 0.407. The van der Waals surface area contributed by atoms with Crippen molar-refractivity contribution in [2.24, 2.45) is 5.92 Å². The Balaban J connectivity index is 2.82. The molecule has 0 aliphatic rings. The average Bonchev–Trinajstić information content (AvgIpc) is 2.30. The molecular formula is C15H24ClN. The first kappa shape index (κ1) is 14.5. The molecule has 0 bridgehead atoms. The van der Waals surface area contributed by atoms with E-state index < -0.39 is 0 Å². The standard InChI is InChI=1S/C15H24ClN/c1-5-7-11(2)10-14(17-4)13-9-6-8-12(3)15(13)16/h6,8-9,11,14,17H,5,7,10H2,1-4H3. The lowest BCUT2D eigenvalue weighted by Gasteiger charge is -2.22. The van der Waals surface area contributed by atoms with Gasteiger partial charge in [0, 0.05) is 11.1 Å². The van der Waals surface area contributed by atoms with Crippen molar-refractivity contribution in [3.8, 4) is 0 Å². The zero-order valence-electron chi connectivity index (χ0n) is 11.4. The highest BCUT2D eigenvalue weighted by molar-refractivity contribution is 6.32. The predicted molar refractivity (Wildman–Crippen MR) is 76.7 cm³/mol. The molecule has 0 saturated carbocycles. The molecule has 0 radical (unpaired) electrons. The normalized spacial score (nSPS) is 14.6. The van der Waals surface area contributed by atoms with Crippen molar-refractivity contribution in [3.63, 3.8) is 0 Å². The molecule has 0 amide bonds. The smallest absolute Gasteiger partial charge is 0.0482 e. The van der Waals surface area contributed by atoms with E-state index in [0.29, 0.717) is 6.04 Å². The zero-order valence-corrected chi connectivity index (χ0v) is 12.1. The van der Waals surface area contributed by atoms with Gasteiger partial charge in [-0.25, -0.2) is 0 Å². The number of nitrogens with one attached hydrogen (secondary N) is 1. The molecule has 1 N–H and O–H groups in total. The van der Waals surface area contributed by atoms with Gasteiger partial charge >= 0.3 is 0 Å². The highest BCUT2D eigenvalue weighted by Gasteiger charge is 2.16. The molecule has 0 saturated heterocycles. The van der Waals surface area contributed by atoms with Gasteiger partial charge in [0.15, 0.2) is 0 Å². The van der Waals surface area contributed by atoms with Gasteiger partial charge in [-0.2, -0.15) is 0 Å². The summed E-state index contributed by atoms with van der Waals surface area (Å²) >= 11 is 6.39. The molecule has 1 nitrogen and oxygen atoms in total. The summed E-state index contributed by atoms with van der Waals surface area (Å²) in [6.45, 7) is 6.62. The second-order valence-corrected chi connectivity index (χ2v) is 5.33. The minimum Gasteiger partial charge on any atom is -0.313 e. The second kappa shape index (κ2) is 7.03. The van der Waals surface area contributed by atoms with Crippen molar-refractivity contribution in [1.82, 2.24) is 5.32 Å². The summed E-state index contributed by atoms with van der Waals surface area (Å²) in [4.78, 5) is 0. The van der Waals surface area contributed by atoms with Crippen LogP contribution in [0.25, 0.3) is 0 Å². The Kier molecular flexibility index (Phi) is 6.01. The molecular weight excluding hydrogens is 230 g/mol. The van der Waals surface area contributed by atoms with E-state index in [1.165, 1.54) is 18.4 Å². The molecule has 1 aromatic rings. The summed E-state index contributed by atoms with van der Waals surface area (Å²) in [5.74, 6) is 0.731. The van der Waals surface area contributed by atoms with Gasteiger partial charge in [0.1, 0.15) is 0 Å². The summed E-state index contributed by atoms with van der Waals surface area (Å²) in [6.07, 6.45) is 3.67. The Labute approximate surface area is 111 Å². The summed E-state index contributed by atoms with van der Waals surface area (Å²) in [5.41, 5.74) is 2.39. The highest BCUT2D eigenvalue weighted by atomic mass is 35.5.